The molecule has 0 saturated carbocycles. The Balaban J connectivity index is 2.20. The SMILES string of the molecule is CC1N=C(NC#N)NN=C1c1ccccc1. The fraction of sp³-hybridized carbons (Fsp3) is 0.182. The lowest BCUT2D eigenvalue weighted by Crippen LogP contribution is -2.39. The highest BCUT2D eigenvalue weighted by atomic mass is 15.4. The molecule has 0 radical (unpaired) electrons. The maximum atomic E-state index is 8.46. The van der Waals surface area contributed by atoms with E-state index in [4.69, 9.17) is 5.26 Å². The van der Waals surface area contributed by atoms with Crippen LogP contribution in [0.3, 0.4) is 0 Å². The fourth-order valence-electron chi connectivity index (χ4n) is 1.52. The molecule has 2 rings (SSSR count). The monoisotopic (exact) mass is 213 g/mol. The van der Waals surface area contributed by atoms with E-state index in [0.29, 0.717) is 5.96 Å². The van der Waals surface area contributed by atoms with Gasteiger partial charge >= 0.3 is 0 Å². The molecule has 0 amide bonds. The number of hydrogen-bond acceptors (Lipinski definition) is 5. The van der Waals surface area contributed by atoms with Gasteiger partial charge in [0.05, 0.1) is 11.8 Å². The summed E-state index contributed by atoms with van der Waals surface area (Å²) in [6, 6.07) is 9.76. The van der Waals surface area contributed by atoms with Crippen LogP contribution in [0.4, 0.5) is 0 Å². The highest BCUT2D eigenvalue weighted by Gasteiger charge is 2.17. The largest absolute Gasteiger partial charge is 0.261 e. The van der Waals surface area contributed by atoms with E-state index in [1.165, 1.54) is 0 Å². The molecule has 1 aliphatic rings. The first-order valence-corrected chi connectivity index (χ1v) is 4.93. The average Bonchev–Trinajstić information content (AvgIpc) is 2.31. The molecule has 16 heavy (non-hydrogen) atoms. The summed E-state index contributed by atoms with van der Waals surface area (Å²) in [5.74, 6) is 0.384. The summed E-state index contributed by atoms with van der Waals surface area (Å²) in [7, 11) is 0. The summed E-state index contributed by atoms with van der Waals surface area (Å²) >= 11 is 0. The van der Waals surface area contributed by atoms with Crippen LogP contribution in [-0.2, 0) is 0 Å². The topological polar surface area (TPSA) is 72.6 Å². The second-order valence-corrected chi connectivity index (χ2v) is 3.37. The summed E-state index contributed by atoms with van der Waals surface area (Å²) < 4.78 is 0. The van der Waals surface area contributed by atoms with Gasteiger partial charge in [-0.3, -0.25) is 5.32 Å². The minimum absolute atomic E-state index is 0.0699. The van der Waals surface area contributed by atoms with Gasteiger partial charge in [-0.1, -0.05) is 30.3 Å². The summed E-state index contributed by atoms with van der Waals surface area (Å²) in [4.78, 5) is 4.27. The number of hydrazone groups is 1. The minimum atomic E-state index is -0.0699. The van der Waals surface area contributed by atoms with Gasteiger partial charge in [-0.25, -0.2) is 10.4 Å². The minimum Gasteiger partial charge on any atom is -0.261 e. The predicted octanol–water partition coefficient (Wildman–Crippen LogP) is 0.809. The van der Waals surface area contributed by atoms with E-state index >= 15 is 0 Å². The zero-order chi connectivity index (χ0) is 11.4. The molecule has 0 saturated heterocycles. The van der Waals surface area contributed by atoms with E-state index in [0.717, 1.165) is 11.3 Å². The smallest absolute Gasteiger partial charge is 0.226 e. The van der Waals surface area contributed by atoms with Crippen molar-refractivity contribution in [2.24, 2.45) is 10.1 Å². The Morgan fingerprint density at radius 3 is 2.75 bits per heavy atom. The lowest BCUT2D eigenvalue weighted by molar-refractivity contribution is 0.841. The van der Waals surface area contributed by atoms with E-state index in [9.17, 15) is 0 Å². The standard InChI is InChI=1S/C11H11N5/c1-8-10(9-5-3-2-4-6-9)15-16-11(14-8)13-7-12/h2-6,8H,1H3,(H2,13,14,16). The number of nitriles is 1. The van der Waals surface area contributed by atoms with Crippen LogP contribution in [0, 0.1) is 11.5 Å². The van der Waals surface area contributed by atoms with E-state index in [1.807, 2.05) is 37.3 Å². The van der Waals surface area contributed by atoms with Crippen LogP contribution in [0.5, 0.6) is 0 Å². The van der Waals surface area contributed by atoms with Gasteiger partial charge in [0.1, 0.15) is 0 Å². The molecule has 1 unspecified atom stereocenters. The number of guanidine groups is 1. The maximum Gasteiger partial charge on any atom is 0.226 e. The summed E-state index contributed by atoms with van der Waals surface area (Å²) in [6.45, 7) is 1.94. The Bertz CT molecular complexity index is 469. The number of aliphatic imine (C=N–C) groups is 1. The second kappa shape index (κ2) is 4.45. The molecule has 0 spiro atoms. The fourth-order valence-corrected chi connectivity index (χ4v) is 1.52. The van der Waals surface area contributed by atoms with Crippen LogP contribution in [0.15, 0.2) is 40.4 Å². The van der Waals surface area contributed by atoms with Crippen LogP contribution in [0.2, 0.25) is 0 Å². The number of nitrogens with one attached hydrogen (secondary N) is 2. The van der Waals surface area contributed by atoms with Gasteiger partial charge in [-0.05, 0) is 12.5 Å². The number of benzene rings is 1. The van der Waals surface area contributed by atoms with Crippen LogP contribution in [0.1, 0.15) is 12.5 Å². The van der Waals surface area contributed by atoms with E-state index in [1.54, 1.807) is 6.19 Å². The van der Waals surface area contributed by atoms with Crippen LogP contribution in [0.25, 0.3) is 0 Å². The molecule has 1 aromatic rings. The first-order valence-electron chi connectivity index (χ1n) is 4.93. The van der Waals surface area contributed by atoms with Crippen LogP contribution < -0.4 is 10.7 Å². The molecule has 0 aliphatic carbocycles. The molecule has 5 heteroatoms. The van der Waals surface area contributed by atoms with Crippen molar-refractivity contribution in [3.63, 3.8) is 0 Å². The van der Waals surface area contributed by atoms with Gasteiger partial charge in [-0.2, -0.15) is 10.4 Å². The molecule has 1 aliphatic heterocycles. The van der Waals surface area contributed by atoms with Gasteiger partial charge in [0, 0.05) is 0 Å². The number of rotatable bonds is 1. The van der Waals surface area contributed by atoms with E-state index < -0.39 is 0 Å². The van der Waals surface area contributed by atoms with Crippen molar-refractivity contribution in [2.45, 2.75) is 13.0 Å². The molecule has 0 aromatic heterocycles. The molecular formula is C11H11N5. The maximum absolute atomic E-state index is 8.46. The lowest BCUT2D eigenvalue weighted by Gasteiger charge is -2.17. The van der Waals surface area contributed by atoms with Crippen molar-refractivity contribution in [1.82, 2.24) is 10.7 Å². The van der Waals surface area contributed by atoms with Crippen LogP contribution in [-0.4, -0.2) is 17.7 Å². The average molecular weight is 213 g/mol. The first-order chi connectivity index (χ1) is 7.81. The molecule has 1 atom stereocenters. The molecule has 1 heterocycles. The highest BCUT2D eigenvalue weighted by molar-refractivity contribution is 6.07. The Hall–Kier alpha value is -2.35. The van der Waals surface area contributed by atoms with Crippen molar-refractivity contribution in [1.29, 1.82) is 5.26 Å². The van der Waals surface area contributed by atoms with Crippen molar-refractivity contribution < 1.29 is 0 Å². The Morgan fingerprint density at radius 2 is 2.12 bits per heavy atom. The van der Waals surface area contributed by atoms with Crippen LogP contribution >= 0.6 is 0 Å². The Kier molecular flexibility index (Phi) is 2.83. The third-order valence-corrected chi connectivity index (χ3v) is 2.24. The third kappa shape index (κ3) is 2.01. The molecule has 1 aromatic carbocycles. The summed E-state index contributed by atoms with van der Waals surface area (Å²) in [5, 5.41) is 15.1. The van der Waals surface area contributed by atoms with Crippen molar-refractivity contribution in [2.75, 3.05) is 0 Å². The second-order valence-electron chi connectivity index (χ2n) is 3.37. The molecule has 2 N–H and O–H groups in total. The van der Waals surface area contributed by atoms with Crippen molar-refractivity contribution in [3.05, 3.63) is 35.9 Å². The molecule has 0 bridgehead atoms. The summed E-state index contributed by atoms with van der Waals surface area (Å²) in [6.07, 6.45) is 1.80. The lowest BCUT2D eigenvalue weighted by atomic mass is 10.0. The normalized spacial score (nSPS) is 18.9. The molecular weight excluding hydrogens is 202 g/mol. The molecule has 5 nitrogen and oxygen atoms in total. The Labute approximate surface area is 93.5 Å². The van der Waals surface area contributed by atoms with Gasteiger partial charge in [0.25, 0.3) is 0 Å². The zero-order valence-electron chi connectivity index (χ0n) is 8.81. The van der Waals surface area contributed by atoms with E-state index in [-0.39, 0.29) is 6.04 Å². The molecule has 0 fully saturated rings. The third-order valence-electron chi connectivity index (χ3n) is 2.24. The molecule has 80 valence electrons. The first kappa shape index (κ1) is 10.2. The van der Waals surface area contributed by atoms with E-state index in [2.05, 4.69) is 20.8 Å². The quantitative estimate of drug-likeness (QED) is 0.535. The van der Waals surface area contributed by atoms with Gasteiger partial charge < -0.3 is 0 Å². The highest BCUT2D eigenvalue weighted by Crippen LogP contribution is 2.09. The summed E-state index contributed by atoms with van der Waals surface area (Å²) in [5.41, 5.74) is 4.60. The number of hydrogen-bond donors (Lipinski definition) is 2. The van der Waals surface area contributed by atoms with Gasteiger partial charge in [0.2, 0.25) is 5.96 Å². The van der Waals surface area contributed by atoms with Gasteiger partial charge in [0.15, 0.2) is 6.19 Å². The number of nitrogens with zero attached hydrogens (tertiary/aromatic N) is 3. The Morgan fingerprint density at radius 1 is 1.38 bits per heavy atom. The zero-order valence-corrected chi connectivity index (χ0v) is 8.81. The van der Waals surface area contributed by atoms with Crippen molar-refractivity contribution in [3.8, 4) is 6.19 Å². The predicted molar refractivity (Wildman–Crippen MR) is 61.8 cm³/mol. The van der Waals surface area contributed by atoms with Crippen molar-refractivity contribution >= 4 is 11.7 Å². The van der Waals surface area contributed by atoms with Gasteiger partial charge in [-0.15, -0.1) is 0 Å².